The van der Waals surface area contributed by atoms with E-state index in [1.54, 1.807) is 17.4 Å². The van der Waals surface area contributed by atoms with Crippen molar-refractivity contribution in [2.24, 2.45) is 5.92 Å². The lowest BCUT2D eigenvalue weighted by Crippen LogP contribution is -2.43. The Hall–Kier alpha value is -1.63. The molecule has 4 nitrogen and oxygen atoms in total. The van der Waals surface area contributed by atoms with Crippen molar-refractivity contribution in [2.75, 3.05) is 5.32 Å². The molecular weight excluding hydrogens is 374 g/mol. The van der Waals surface area contributed by atoms with Crippen LogP contribution in [0.1, 0.15) is 39.0 Å². The third-order valence-electron chi connectivity index (χ3n) is 4.27. The second kappa shape index (κ2) is 7.72. The standard InChI is InChI=1S/C18H20ClN3OS2/c1-10-3-6-15-12(7-10)8-16(25-15)17(23)21-22-18(24)20-13-5-4-11(2)14(19)9-13/h4-5,8-10H,3,6-7H2,1-2H3,(H,21,23)(H2,20,22,24)/t10-/m0/s1. The number of hydrazine groups is 1. The number of anilines is 1. The van der Waals surface area contributed by atoms with Gasteiger partial charge in [-0.15, -0.1) is 11.3 Å². The molecule has 132 valence electrons. The summed E-state index contributed by atoms with van der Waals surface area (Å²) in [5.74, 6) is 0.521. The number of benzene rings is 1. The van der Waals surface area contributed by atoms with Gasteiger partial charge in [0.1, 0.15) is 0 Å². The molecule has 2 aromatic rings. The SMILES string of the molecule is Cc1ccc(NC(=S)NNC(=O)c2cc3c(s2)CC[C@H](C)C3)cc1Cl. The molecule has 7 heteroatoms. The van der Waals surface area contributed by atoms with Crippen LogP contribution in [-0.4, -0.2) is 11.0 Å². The van der Waals surface area contributed by atoms with Gasteiger partial charge >= 0.3 is 0 Å². The number of hydrogen-bond acceptors (Lipinski definition) is 3. The average Bonchev–Trinajstić information content (AvgIpc) is 2.99. The quantitative estimate of drug-likeness (QED) is 0.520. The molecule has 0 aliphatic heterocycles. The number of thiophene rings is 1. The maximum absolute atomic E-state index is 12.3. The van der Waals surface area contributed by atoms with Crippen LogP contribution in [0.4, 0.5) is 5.69 Å². The fraction of sp³-hybridized carbons (Fsp3) is 0.333. The highest BCUT2D eigenvalue weighted by Crippen LogP contribution is 2.32. The van der Waals surface area contributed by atoms with Gasteiger partial charge in [-0.05, 0) is 73.6 Å². The van der Waals surface area contributed by atoms with Crippen molar-refractivity contribution >= 4 is 51.9 Å². The molecular formula is C18H20ClN3OS2. The number of carbonyl (C=O) groups excluding carboxylic acids is 1. The lowest BCUT2D eigenvalue weighted by Gasteiger charge is -2.16. The van der Waals surface area contributed by atoms with Crippen LogP contribution in [0.3, 0.4) is 0 Å². The first-order valence-electron chi connectivity index (χ1n) is 8.17. The molecule has 0 fully saturated rings. The largest absolute Gasteiger partial charge is 0.331 e. The van der Waals surface area contributed by atoms with Crippen molar-refractivity contribution in [1.82, 2.24) is 10.9 Å². The minimum Gasteiger partial charge on any atom is -0.331 e. The second-order valence-electron chi connectivity index (χ2n) is 6.40. The van der Waals surface area contributed by atoms with Gasteiger partial charge in [0.25, 0.3) is 5.91 Å². The third kappa shape index (κ3) is 4.51. The first-order chi connectivity index (χ1) is 11.9. The van der Waals surface area contributed by atoms with Crippen molar-refractivity contribution in [3.8, 4) is 0 Å². The van der Waals surface area contributed by atoms with Gasteiger partial charge in [0.15, 0.2) is 5.11 Å². The number of halogens is 1. The Morgan fingerprint density at radius 1 is 1.32 bits per heavy atom. The molecule has 1 heterocycles. The molecule has 0 radical (unpaired) electrons. The summed E-state index contributed by atoms with van der Waals surface area (Å²) in [6, 6.07) is 7.58. The zero-order valence-corrected chi connectivity index (χ0v) is 16.5. The van der Waals surface area contributed by atoms with E-state index >= 15 is 0 Å². The number of carbonyl (C=O) groups is 1. The van der Waals surface area contributed by atoms with Crippen LogP contribution in [0.15, 0.2) is 24.3 Å². The maximum atomic E-state index is 12.3. The average molecular weight is 394 g/mol. The van der Waals surface area contributed by atoms with Gasteiger partial charge in [-0.3, -0.25) is 15.6 Å². The number of nitrogens with one attached hydrogen (secondary N) is 3. The van der Waals surface area contributed by atoms with E-state index in [-0.39, 0.29) is 5.91 Å². The molecule has 0 spiro atoms. The molecule has 1 aliphatic rings. The summed E-state index contributed by atoms with van der Waals surface area (Å²) < 4.78 is 0. The number of thiocarbonyl (C=S) groups is 1. The molecule has 1 amide bonds. The van der Waals surface area contributed by atoms with Gasteiger partial charge in [-0.2, -0.15) is 0 Å². The Labute approximate surface area is 161 Å². The topological polar surface area (TPSA) is 53.2 Å². The van der Waals surface area contributed by atoms with Gasteiger partial charge in [0.05, 0.1) is 4.88 Å². The molecule has 25 heavy (non-hydrogen) atoms. The summed E-state index contributed by atoms with van der Waals surface area (Å²) in [6.45, 7) is 4.19. The summed E-state index contributed by atoms with van der Waals surface area (Å²) in [4.78, 5) is 14.4. The highest BCUT2D eigenvalue weighted by molar-refractivity contribution is 7.80. The molecule has 0 saturated carbocycles. The minimum absolute atomic E-state index is 0.168. The first-order valence-corrected chi connectivity index (χ1v) is 9.77. The predicted octanol–water partition coefficient (Wildman–Crippen LogP) is 4.47. The van der Waals surface area contributed by atoms with Gasteiger partial charge in [-0.1, -0.05) is 24.6 Å². The minimum atomic E-state index is -0.168. The Balaban J connectivity index is 1.55. The van der Waals surface area contributed by atoms with E-state index in [9.17, 15) is 4.79 Å². The molecule has 1 aliphatic carbocycles. The lowest BCUT2D eigenvalue weighted by atomic mass is 9.90. The third-order valence-corrected chi connectivity index (χ3v) is 6.12. The van der Waals surface area contributed by atoms with Crippen LogP contribution >= 0.6 is 35.2 Å². The number of rotatable bonds is 2. The Morgan fingerprint density at radius 2 is 2.12 bits per heavy atom. The van der Waals surface area contributed by atoms with Crippen molar-refractivity contribution in [1.29, 1.82) is 0 Å². The van der Waals surface area contributed by atoms with E-state index in [0.29, 0.717) is 20.9 Å². The van der Waals surface area contributed by atoms with Crippen molar-refractivity contribution in [2.45, 2.75) is 33.1 Å². The zero-order valence-electron chi connectivity index (χ0n) is 14.1. The summed E-state index contributed by atoms with van der Waals surface area (Å²) >= 11 is 12.9. The second-order valence-corrected chi connectivity index (χ2v) is 8.36. The predicted molar refractivity (Wildman–Crippen MR) is 109 cm³/mol. The Bertz CT molecular complexity index is 819. The number of fused-ring (bicyclic) bond motifs is 1. The molecule has 1 aromatic carbocycles. The van der Waals surface area contributed by atoms with Crippen molar-refractivity contribution < 1.29 is 4.79 Å². The van der Waals surface area contributed by atoms with Crippen LogP contribution < -0.4 is 16.2 Å². The summed E-state index contributed by atoms with van der Waals surface area (Å²) in [6.07, 6.45) is 3.32. The molecule has 0 saturated heterocycles. The molecule has 0 unspecified atom stereocenters. The van der Waals surface area contributed by atoms with Crippen molar-refractivity contribution in [3.63, 3.8) is 0 Å². The normalized spacial score (nSPS) is 16.0. The van der Waals surface area contributed by atoms with Crippen LogP contribution in [0.2, 0.25) is 5.02 Å². The molecule has 3 rings (SSSR count). The van der Waals surface area contributed by atoms with E-state index in [1.807, 2.05) is 25.1 Å². The monoisotopic (exact) mass is 393 g/mol. The molecule has 1 aromatic heterocycles. The molecule has 1 atom stereocenters. The Kier molecular flexibility index (Phi) is 5.61. The van der Waals surface area contributed by atoms with E-state index in [2.05, 4.69) is 23.1 Å². The summed E-state index contributed by atoms with van der Waals surface area (Å²) in [5, 5.41) is 3.97. The highest BCUT2D eigenvalue weighted by atomic mass is 35.5. The molecule has 0 bridgehead atoms. The van der Waals surface area contributed by atoms with Gasteiger partial charge < -0.3 is 5.32 Å². The smallest absolute Gasteiger partial charge is 0.279 e. The van der Waals surface area contributed by atoms with Crippen LogP contribution in [0.25, 0.3) is 0 Å². The summed E-state index contributed by atoms with van der Waals surface area (Å²) in [5.41, 5.74) is 8.46. The van der Waals surface area contributed by atoms with E-state index in [1.165, 1.54) is 16.9 Å². The maximum Gasteiger partial charge on any atom is 0.279 e. The number of hydrogen-bond donors (Lipinski definition) is 3. The molecule has 3 N–H and O–H groups in total. The van der Waals surface area contributed by atoms with Crippen LogP contribution in [0, 0.1) is 12.8 Å². The van der Waals surface area contributed by atoms with E-state index in [4.69, 9.17) is 23.8 Å². The van der Waals surface area contributed by atoms with Gasteiger partial charge in [0, 0.05) is 15.6 Å². The van der Waals surface area contributed by atoms with Crippen LogP contribution in [-0.2, 0) is 12.8 Å². The highest BCUT2D eigenvalue weighted by Gasteiger charge is 2.20. The van der Waals surface area contributed by atoms with E-state index in [0.717, 1.165) is 24.1 Å². The zero-order chi connectivity index (χ0) is 18.0. The first kappa shape index (κ1) is 18.2. The van der Waals surface area contributed by atoms with Gasteiger partial charge in [0.2, 0.25) is 0 Å². The fourth-order valence-corrected chi connectivity index (χ4v) is 4.28. The van der Waals surface area contributed by atoms with Crippen LogP contribution in [0.5, 0.6) is 0 Å². The Morgan fingerprint density at radius 3 is 2.88 bits per heavy atom. The van der Waals surface area contributed by atoms with E-state index < -0.39 is 0 Å². The van der Waals surface area contributed by atoms with Gasteiger partial charge in [-0.25, -0.2) is 0 Å². The number of aryl methyl sites for hydroxylation is 2. The van der Waals surface area contributed by atoms with Crippen molar-refractivity contribution in [3.05, 3.63) is 50.2 Å². The fourth-order valence-electron chi connectivity index (χ4n) is 2.83. The number of amides is 1. The lowest BCUT2D eigenvalue weighted by molar-refractivity contribution is 0.0948. The summed E-state index contributed by atoms with van der Waals surface area (Å²) in [7, 11) is 0.